The molecule has 0 bridgehead atoms. The van der Waals surface area contributed by atoms with Gasteiger partial charge in [0.2, 0.25) is 0 Å². The minimum atomic E-state index is 0.165. The highest BCUT2D eigenvalue weighted by Gasteiger charge is 2.17. The van der Waals surface area contributed by atoms with E-state index in [1.807, 2.05) is 14.0 Å². The van der Waals surface area contributed by atoms with E-state index in [0.717, 1.165) is 12.2 Å². The van der Waals surface area contributed by atoms with Crippen LogP contribution >= 0.6 is 0 Å². The maximum atomic E-state index is 5.89. The number of aryl methyl sites for hydroxylation is 2. The van der Waals surface area contributed by atoms with Gasteiger partial charge in [0.05, 0.1) is 7.11 Å². The van der Waals surface area contributed by atoms with Gasteiger partial charge in [-0.2, -0.15) is 0 Å². The summed E-state index contributed by atoms with van der Waals surface area (Å²) in [5, 5.41) is 3.32. The number of hydrogen-bond acceptors (Lipinski definition) is 3. The summed E-state index contributed by atoms with van der Waals surface area (Å²) in [6, 6.07) is 4.72. The Morgan fingerprint density at radius 2 is 2.00 bits per heavy atom. The normalized spacial score (nSPS) is 14.5. The fourth-order valence-electron chi connectivity index (χ4n) is 2.30. The highest BCUT2D eigenvalue weighted by Crippen LogP contribution is 2.31. The van der Waals surface area contributed by atoms with Gasteiger partial charge in [0.25, 0.3) is 0 Å². The van der Waals surface area contributed by atoms with Gasteiger partial charge in [0.1, 0.15) is 5.75 Å². The second kappa shape index (κ2) is 6.03. The number of rotatable bonds is 5. The summed E-state index contributed by atoms with van der Waals surface area (Å²) in [7, 11) is 3.68. The van der Waals surface area contributed by atoms with Gasteiger partial charge in [0.15, 0.2) is 0 Å². The summed E-state index contributed by atoms with van der Waals surface area (Å²) in [5.41, 5.74) is 9.52. The molecule has 0 aliphatic carbocycles. The smallest absolute Gasteiger partial charge is 0.126 e. The van der Waals surface area contributed by atoms with E-state index in [-0.39, 0.29) is 12.1 Å². The van der Waals surface area contributed by atoms with E-state index in [1.54, 1.807) is 7.11 Å². The Labute approximate surface area is 104 Å². The van der Waals surface area contributed by atoms with E-state index < -0.39 is 0 Å². The third-order valence-electron chi connectivity index (χ3n) is 2.98. The van der Waals surface area contributed by atoms with Crippen LogP contribution < -0.4 is 15.8 Å². The first-order valence-corrected chi connectivity index (χ1v) is 6.07. The molecular formula is C14H24N2O. The molecule has 1 aromatic rings. The molecule has 0 aromatic heterocycles. The van der Waals surface area contributed by atoms with Crippen molar-refractivity contribution in [3.8, 4) is 5.75 Å². The Morgan fingerprint density at radius 3 is 2.47 bits per heavy atom. The Kier molecular flexibility index (Phi) is 4.97. The van der Waals surface area contributed by atoms with E-state index in [0.29, 0.717) is 0 Å². The average molecular weight is 236 g/mol. The number of ether oxygens (including phenoxy) is 1. The first-order chi connectivity index (χ1) is 7.99. The predicted molar refractivity (Wildman–Crippen MR) is 72.5 cm³/mol. The highest BCUT2D eigenvalue weighted by atomic mass is 16.5. The van der Waals surface area contributed by atoms with Crippen molar-refractivity contribution in [2.75, 3.05) is 14.2 Å². The maximum Gasteiger partial charge on any atom is 0.126 e. The summed E-state index contributed by atoms with van der Waals surface area (Å²) in [6.07, 6.45) is 0.899. The molecule has 0 radical (unpaired) electrons. The van der Waals surface area contributed by atoms with Crippen LogP contribution in [-0.2, 0) is 0 Å². The van der Waals surface area contributed by atoms with Gasteiger partial charge in [0, 0.05) is 17.6 Å². The molecule has 96 valence electrons. The van der Waals surface area contributed by atoms with Crippen molar-refractivity contribution < 1.29 is 4.74 Å². The van der Waals surface area contributed by atoms with Crippen molar-refractivity contribution in [1.82, 2.24) is 5.32 Å². The van der Waals surface area contributed by atoms with Crippen molar-refractivity contribution in [2.24, 2.45) is 5.73 Å². The first kappa shape index (κ1) is 14.0. The Balaban J connectivity index is 3.16. The van der Waals surface area contributed by atoms with Crippen molar-refractivity contribution in [3.63, 3.8) is 0 Å². The molecule has 0 aliphatic rings. The van der Waals surface area contributed by atoms with Crippen molar-refractivity contribution >= 4 is 0 Å². The lowest BCUT2D eigenvalue weighted by Crippen LogP contribution is -2.26. The quantitative estimate of drug-likeness (QED) is 0.824. The van der Waals surface area contributed by atoms with E-state index in [4.69, 9.17) is 10.5 Å². The minimum absolute atomic E-state index is 0.165. The Hall–Kier alpha value is -1.06. The third-order valence-corrected chi connectivity index (χ3v) is 2.98. The summed E-state index contributed by atoms with van der Waals surface area (Å²) in [4.78, 5) is 0. The van der Waals surface area contributed by atoms with Gasteiger partial charge in [-0.05, 0) is 39.8 Å². The van der Waals surface area contributed by atoms with Gasteiger partial charge in [-0.1, -0.05) is 17.7 Å². The zero-order chi connectivity index (χ0) is 13.0. The van der Waals surface area contributed by atoms with Gasteiger partial charge >= 0.3 is 0 Å². The molecule has 0 fully saturated rings. The standard InChI is InChI=1S/C14H24N2O/c1-9-6-10(2)14(17-5)12(7-9)13(16-4)8-11(3)15/h6-7,11,13,16H,8,15H2,1-5H3. The van der Waals surface area contributed by atoms with Crippen LogP contribution in [-0.4, -0.2) is 20.2 Å². The molecule has 3 heteroatoms. The molecule has 2 unspecified atom stereocenters. The van der Waals surface area contributed by atoms with Crippen LogP contribution in [0.4, 0.5) is 0 Å². The summed E-state index contributed by atoms with van der Waals surface area (Å²) < 4.78 is 5.51. The fourth-order valence-corrected chi connectivity index (χ4v) is 2.30. The van der Waals surface area contributed by atoms with Crippen LogP contribution in [0, 0.1) is 13.8 Å². The van der Waals surface area contributed by atoms with Gasteiger partial charge in [-0.25, -0.2) is 0 Å². The number of benzene rings is 1. The second-order valence-corrected chi connectivity index (χ2v) is 4.76. The lowest BCUT2D eigenvalue weighted by molar-refractivity contribution is 0.392. The highest BCUT2D eigenvalue weighted by molar-refractivity contribution is 5.45. The Morgan fingerprint density at radius 1 is 1.35 bits per heavy atom. The lowest BCUT2D eigenvalue weighted by Gasteiger charge is -2.23. The summed E-state index contributed by atoms with van der Waals surface area (Å²) in [5.74, 6) is 0.968. The van der Waals surface area contributed by atoms with E-state index in [2.05, 4.69) is 31.3 Å². The average Bonchev–Trinajstić information content (AvgIpc) is 2.24. The zero-order valence-corrected chi connectivity index (χ0v) is 11.5. The molecule has 2 atom stereocenters. The minimum Gasteiger partial charge on any atom is -0.496 e. The molecule has 1 aromatic carbocycles. The Bertz CT molecular complexity index is 375. The van der Waals surface area contributed by atoms with Crippen molar-refractivity contribution in [1.29, 1.82) is 0 Å². The van der Waals surface area contributed by atoms with Crippen LogP contribution in [0.1, 0.15) is 36.1 Å². The largest absolute Gasteiger partial charge is 0.496 e. The van der Waals surface area contributed by atoms with Crippen molar-refractivity contribution in [2.45, 2.75) is 39.3 Å². The van der Waals surface area contributed by atoms with Gasteiger partial charge in [-0.3, -0.25) is 0 Å². The molecule has 0 heterocycles. The van der Waals surface area contributed by atoms with Crippen LogP contribution in [0.3, 0.4) is 0 Å². The van der Waals surface area contributed by atoms with Crippen LogP contribution in [0.25, 0.3) is 0 Å². The number of hydrogen-bond donors (Lipinski definition) is 2. The van der Waals surface area contributed by atoms with Crippen LogP contribution in [0.5, 0.6) is 5.75 Å². The number of nitrogens with one attached hydrogen (secondary N) is 1. The molecular weight excluding hydrogens is 212 g/mol. The first-order valence-electron chi connectivity index (χ1n) is 6.07. The monoisotopic (exact) mass is 236 g/mol. The van der Waals surface area contributed by atoms with Gasteiger partial charge in [-0.15, -0.1) is 0 Å². The molecule has 0 spiro atoms. The number of methoxy groups -OCH3 is 1. The van der Waals surface area contributed by atoms with Gasteiger partial charge < -0.3 is 15.8 Å². The third kappa shape index (κ3) is 3.45. The molecule has 3 nitrogen and oxygen atoms in total. The van der Waals surface area contributed by atoms with E-state index in [9.17, 15) is 0 Å². The maximum absolute atomic E-state index is 5.89. The topological polar surface area (TPSA) is 47.3 Å². The zero-order valence-electron chi connectivity index (χ0n) is 11.5. The van der Waals surface area contributed by atoms with Crippen LogP contribution in [0.2, 0.25) is 0 Å². The molecule has 0 amide bonds. The summed E-state index contributed by atoms with van der Waals surface area (Å²) in [6.45, 7) is 6.21. The van der Waals surface area contributed by atoms with E-state index in [1.165, 1.54) is 16.7 Å². The SMILES string of the molecule is CNC(CC(C)N)c1cc(C)cc(C)c1OC. The lowest BCUT2D eigenvalue weighted by atomic mass is 9.95. The molecule has 0 saturated heterocycles. The van der Waals surface area contributed by atoms with E-state index >= 15 is 0 Å². The predicted octanol–water partition coefficient (Wildman–Crippen LogP) is 2.31. The van der Waals surface area contributed by atoms with Crippen molar-refractivity contribution in [3.05, 3.63) is 28.8 Å². The second-order valence-electron chi connectivity index (χ2n) is 4.76. The summed E-state index contributed by atoms with van der Waals surface area (Å²) >= 11 is 0. The number of nitrogens with two attached hydrogens (primary N) is 1. The molecule has 3 N–H and O–H groups in total. The fraction of sp³-hybridized carbons (Fsp3) is 0.571. The van der Waals surface area contributed by atoms with Crippen LogP contribution in [0.15, 0.2) is 12.1 Å². The molecule has 1 rings (SSSR count). The molecule has 0 aliphatic heterocycles. The molecule has 0 saturated carbocycles. The molecule has 17 heavy (non-hydrogen) atoms.